The minimum Gasteiger partial charge on any atom is -0.322 e. The Hall–Kier alpha value is -3.18. The summed E-state index contributed by atoms with van der Waals surface area (Å²) >= 11 is 5.95. The van der Waals surface area contributed by atoms with Gasteiger partial charge in [-0.1, -0.05) is 29.3 Å². The molecule has 3 rings (SSSR count). The Morgan fingerprint density at radius 3 is 2.14 bits per heavy atom. The lowest BCUT2D eigenvalue weighted by atomic mass is 10.1. The molecule has 1 heterocycles. The first-order valence-electron chi connectivity index (χ1n) is 8.75. The molecule has 3 aromatic rings. The molecule has 0 atom stereocenters. The number of benzene rings is 2. The van der Waals surface area contributed by atoms with Crippen molar-refractivity contribution in [1.82, 2.24) is 4.98 Å². The second-order valence-electron chi connectivity index (χ2n) is 6.62. The molecular weight excluding hydrogens is 374 g/mol. The second kappa shape index (κ2) is 8.23. The molecular formula is C22H20ClN3O2. The third-order valence-electron chi connectivity index (χ3n) is 4.32. The Morgan fingerprint density at radius 1 is 0.821 bits per heavy atom. The standard InChI is InChI=1S/C22H20ClN3O2/c1-13-4-6-18(14(2)10-13)26-22(28)20-12-16(8-9-24-20)21(27)25-19-7-5-17(23)11-15(19)3/h4-12H,1-3H3,(H,25,27)(H,26,28). The zero-order chi connectivity index (χ0) is 20.3. The number of amides is 2. The Bertz CT molecular complexity index is 983. The Morgan fingerprint density at radius 2 is 1.46 bits per heavy atom. The first kappa shape index (κ1) is 19.6. The summed E-state index contributed by atoms with van der Waals surface area (Å²) in [5, 5.41) is 6.27. The number of carbonyl (C=O) groups excluding carboxylic acids is 2. The number of pyridine rings is 1. The van der Waals surface area contributed by atoms with E-state index in [1.165, 1.54) is 12.3 Å². The molecule has 0 aliphatic heterocycles. The molecule has 2 amide bonds. The molecule has 6 heteroatoms. The molecule has 0 fully saturated rings. The number of hydrogen-bond acceptors (Lipinski definition) is 3. The summed E-state index contributed by atoms with van der Waals surface area (Å²) in [5.74, 6) is -0.697. The van der Waals surface area contributed by atoms with E-state index in [1.807, 2.05) is 39.0 Å². The van der Waals surface area contributed by atoms with E-state index in [-0.39, 0.29) is 17.5 Å². The largest absolute Gasteiger partial charge is 0.322 e. The van der Waals surface area contributed by atoms with Gasteiger partial charge < -0.3 is 10.6 Å². The van der Waals surface area contributed by atoms with Crippen molar-refractivity contribution in [3.8, 4) is 0 Å². The Balaban J connectivity index is 1.77. The minimum atomic E-state index is -0.371. The lowest BCUT2D eigenvalue weighted by Crippen LogP contribution is -2.17. The van der Waals surface area contributed by atoms with Crippen molar-refractivity contribution in [2.45, 2.75) is 20.8 Å². The molecule has 0 spiro atoms. The van der Waals surface area contributed by atoms with Gasteiger partial charge in [-0.2, -0.15) is 0 Å². The van der Waals surface area contributed by atoms with Gasteiger partial charge in [0.05, 0.1) is 0 Å². The summed E-state index contributed by atoms with van der Waals surface area (Å²) in [6.07, 6.45) is 1.44. The van der Waals surface area contributed by atoms with Gasteiger partial charge in [-0.25, -0.2) is 0 Å². The number of carbonyl (C=O) groups is 2. The van der Waals surface area contributed by atoms with Gasteiger partial charge in [0.15, 0.2) is 0 Å². The molecule has 5 nitrogen and oxygen atoms in total. The van der Waals surface area contributed by atoms with Crippen LogP contribution in [0, 0.1) is 20.8 Å². The van der Waals surface area contributed by atoms with E-state index >= 15 is 0 Å². The molecule has 0 aliphatic carbocycles. The van der Waals surface area contributed by atoms with Crippen LogP contribution in [-0.4, -0.2) is 16.8 Å². The molecule has 28 heavy (non-hydrogen) atoms. The summed E-state index contributed by atoms with van der Waals surface area (Å²) in [7, 11) is 0. The highest BCUT2D eigenvalue weighted by atomic mass is 35.5. The van der Waals surface area contributed by atoms with E-state index < -0.39 is 0 Å². The van der Waals surface area contributed by atoms with Crippen molar-refractivity contribution in [3.05, 3.63) is 87.7 Å². The van der Waals surface area contributed by atoms with Gasteiger partial charge in [-0.15, -0.1) is 0 Å². The van der Waals surface area contributed by atoms with Crippen LogP contribution in [0.1, 0.15) is 37.5 Å². The number of anilines is 2. The van der Waals surface area contributed by atoms with E-state index in [4.69, 9.17) is 11.6 Å². The number of hydrogen-bond donors (Lipinski definition) is 2. The van der Waals surface area contributed by atoms with Crippen LogP contribution in [0.5, 0.6) is 0 Å². The Labute approximate surface area is 168 Å². The van der Waals surface area contributed by atoms with Crippen LogP contribution in [0.3, 0.4) is 0 Å². The average Bonchev–Trinajstić information content (AvgIpc) is 2.66. The van der Waals surface area contributed by atoms with E-state index in [0.29, 0.717) is 22.0 Å². The molecule has 2 N–H and O–H groups in total. The molecule has 1 aromatic heterocycles. The molecule has 142 valence electrons. The number of aryl methyl sites for hydroxylation is 3. The fourth-order valence-electron chi connectivity index (χ4n) is 2.80. The van der Waals surface area contributed by atoms with Crippen LogP contribution in [-0.2, 0) is 0 Å². The van der Waals surface area contributed by atoms with Crippen LogP contribution in [0.2, 0.25) is 5.02 Å². The molecule has 0 saturated carbocycles. The topological polar surface area (TPSA) is 71.1 Å². The van der Waals surface area contributed by atoms with Gasteiger partial charge in [0, 0.05) is 28.2 Å². The van der Waals surface area contributed by atoms with Crippen molar-refractivity contribution < 1.29 is 9.59 Å². The first-order chi connectivity index (χ1) is 13.3. The number of halogens is 1. The van der Waals surface area contributed by atoms with E-state index in [2.05, 4.69) is 15.6 Å². The molecule has 0 aliphatic rings. The molecule has 0 bridgehead atoms. The highest BCUT2D eigenvalue weighted by Crippen LogP contribution is 2.21. The van der Waals surface area contributed by atoms with Crippen LogP contribution >= 0.6 is 11.6 Å². The van der Waals surface area contributed by atoms with Crippen LogP contribution in [0.15, 0.2) is 54.7 Å². The van der Waals surface area contributed by atoms with Gasteiger partial charge in [0.2, 0.25) is 0 Å². The maximum Gasteiger partial charge on any atom is 0.274 e. The van der Waals surface area contributed by atoms with Gasteiger partial charge in [0.1, 0.15) is 5.69 Å². The highest BCUT2D eigenvalue weighted by molar-refractivity contribution is 6.30. The predicted octanol–water partition coefficient (Wildman–Crippen LogP) is 5.16. The SMILES string of the molecule is Cc1ccc(NC(=O)c2cc(C(=O)Nc3ccc(Cl)cc3C)ccn2)c(C)c1. The smallest absolute Gasteiger partial charge is 0.274 e. The third kappa shape index (κ3) is 4.56. The van der Waals surface area contributed by atoms with Crippen molar-refractivity contribution in [2.24, 2.45) is 0 Å². The fraction of sp³-hybridized carbons (Fsp3) is 0.136. The maximum atomic E-state index is 12.6. The highest BCUT2D eigenvalue weighted by Gasteiger charge is 2.14. The van der Waals surface area contributed by atoms with E-state index in [9.17, 15) is 9.59 Å². The number of aromatic nitrogens is 1. The van der Waals surface area contributed by atoms with Gasteiger partial charge in [-0.05, 0) is 68.3 Å². The maximum absolute atomic E-state index is 12.6. The van der Waals surface area contributed by atoms with Crippen molar-refractivity contribution in [2.75, 3.05) is 10.6 Å². The van der Waals surface area contributed by atoms with E-state index in [0.717, 1.165) is 16.7 Å². The van der Waals surface area contributed by atoms with Gasteiger partial charge in [0.25, 0.3) is 11.8 Å². The van der Waals surface area contributed by atoms with Gasteiger partial charge >= 0.3 is 0 Å². The molecule has 0 radical (unpaired) electrons. The predicted molar refractivity (Wildman–Crippen MR) is 112 cm³/mol. The normalized spacial score (nSPS) is 10.4. The van der Waals surface area contributed by atoms with Gasteiger partial charge in [-0.3, -0.25) is 14.6 Å². The van der Waals surface area contributed by atoms with Crippen LogP contribution in [0.4, 0.5) is 11.4 Å². The van der Waals surface area contributed by atoms with Crippen molar-refractivity contribution >= 4 is 34.8 Å². The second-order valence-corrected chi connectivity index (χ2v) is 7.05. The number of nitrogens with zero attached hydrogens (tertiary/aromatic N) is 1. The quantitative estimate of drug-likeness (QED) is 0.642. The van der Waals surface area contributed by atoms with Crippen molar-refractivity contribution in [3.63, 3.8) is 0 Å². The Kier molecular flexibility index (Phi) is 5.76. The number of nitrogens with one attached hydrogen (secondary N) is 2. The lowest BCUT2D eigenvalue weighted by molar-refractivity contribution is 0.102. The molecule has 0 unspecified atom stereocenters. The monoisotopic (exact) mass is 393 g/mol. The minimum absolute atomic E-state index is 0.167. The number of rotatable bonds is 4. The first-order valence-corrected chi connectivity index (χ1v) is 9.13. The van der Waals surface area contributed by atoms with Crippen molar-refractivity contribution in [1.29, 1.82) is 0 Å². The zero-order valence-electron chi connectivity index (χ0n) is 15.8. The third-order valence-corrected chi connectivity index (χ3v) is 4.56. The molecule has 0 saturated heterocycles. The zero-order valence-corrected chi connectivity index (χ0v) is 16.6. The lowest BCUT2D eigenvalue weighted by Gasteiger charge is -2.11. The summed E-state index contributed by atoms with van der Waals surface area (Å²) in [5.41, 5.74) is 4.81. The summed E-state index contributed by atoms with van der Waals surface area (Å²) < 4.78 is 0. The summed E-state index contributed by atoms with van der Waals surface area (Å²) in [4.78, 5) is 29.2. The fourth-order valence-corrected chi connectivity index (χ4v) is 3.02. The van der Waals surface area contributed by atoms with E-state index in [1.54, 1.807) is 24.3 Å². The summed E-state index contributed by atoms with van der Waals surface area (Å²) in [6.45, 7) is 5.77. The van der Waals surface area contributed by atoms with Crippen LogP contribution in [0.25, 0.3) is 0 Å². The van der Waals surface area contributed by atoms with Crippen LogP contribution < -0.4 is 10.6 Å². The average molecular weight is 394 g/mol. The summed E-state index contributed by atoms with van der Waals surface area (Å²) in [6, 6.07) is 14.0. The molecule has 2 aromatic carbocycles.